The number of nitrogens with zero attached hydrogens (tertiary/aromatic N) is 2. The van der Waals surface area contributed by atoms with Crippen LogP contribution in [-0.2, 0) is 11.3 Å². The fourth-order valence-corrected chi connectivity index (χ4v) is 3.58. The number of hydrogen-bond acceptors (Lipinski definition) is 4. The highest BCUT2D eigenvalue weighted by Gasteiger charge is 2.41. The van der Waals surface area contributed by atoms with Crippen LogP contribution < -0.4 is 4.74 Å². The summed E-state index contributed by atoms with van der Waals surface area (Å²) in [4.78, 5) is 2.50. The maximum absolute atomic E-state index is 5.80. The molecule has 0 unspecified atom stereocenters. The van der Waals surface area contributed by atoms with Gasteiger partial charge in [-0.15, -0.1) is 0 Å². The average molecular weight is 313 g/mol. The van der Waals surface area contributed by atoms with E-state index in [9.17, 15) is 0 Å². The molecule has 3 heterocycles. The van der Waals surface area contributed by atoms with Gasteiger partial charge in [-0.2, -0.15) is 5.10 Å². The Morgan fingerprint density at radius 1 is 1.22 bits per heavy atom. The van der Waals surface area contributed by atoms with E-state index in [0.717, 1.165) is 56.1 Å². The topological polar surface area (TPSA) is 50.4 Å². The number of rotatable bonds is 4. The van der Waals surface area contributed by atoms with E-state index < -0.39 is 0 Å². The molecule has 0 aliphatic carbocycles. The summed E-state index contributed by atoms with van der Waals surface area (Å²) < 4.78 is 11.0. The van der Waals surface area contributed by atoms with Crippen LogP contribution in [0.1, 0.15) is 24.8 Å². The molecule has 5 nitrogen and oxygen atoms in total. The molecule has 122 valence electrons. The first kappa shape index (κ1) is 14.7. The number of methoxy groups -OCH3 is 1. The highest BCUT2D eigenvalue weighted by molar-refractivity contribution is 5.63. The van der Waals surface area contributed by atoms with Crippen molar-refractivity contribution < 1.29 is 9.47 Å². The van der Waals surface area contributed by atoms with Crippen LogP contribution in [0.5, 0.6) is 5.75 Å². The molecule has 1 aromatic heterocycles. The summed E-state index contributed by atoms with van der Waals surface area (Å²) in [5, 5.41) is 7.40. The standard InChI is InChI=1S/C18H23N3O2/c1-22-16-4-2-14(3-5-16)17-15(12-19-20-17)13-21-9-6-18(7-10-21)8-11-23-18/h2-5,12H,6-11,13H2,1H3,(H,19,20). The van der Waals surface area contributed by atoms with E-state index in [1.54, 1.807) is 7.11 Å². The first-order valence-corrected chi connectivity index (χ1v) is 8.31. The van der Waals surface area contributed by atoms with Crippen molar-refractivity contribution in [2.45, 2.75) is 31.4 Å². The third-order valence-electron chi connectivity index (χ3n) is 5.22. The van der Waals surface area contributed by atoms with Gasteiger partial charge in [0.1, 0.15) is 5.75 Å². The second kappa shape index (κ2) is 5.98. The molecule has 1 N–H and O–H groups in total. The van der Waals surface area contributed by atoms with Crippen molar-refractivity contribution in [3.63, 3.8) is 0 Å². The number of likely N-dealkylation sites (tertiary alicyclic amines) is 1. The predicted octanol–water partition coefficient (Wildman–Crippen LogP) is 2.84. The molecule has 2 saturated heterocycles. The number of nitrogens with one attached hydrogen (secondary N) is 1. The van der Waals surface area contributed by atoms with Gasteiger partial charge in [-0.25, -0.2) is 0 Å². The molecule has 0 saturated carbocycles. The Bertz CT molecular complexity index is 651. The number of aromatic nitrogens is 2. The molecular weight excluding hydrogens is 290 g/mol. The second-order valence-corrected chi connectivity index (χ2v) is 6.56. The highest BCUT2D eigenvalue weighted by Crippen LogP contribution is 2.37. The van der Waals surface area contributed by atoms with E-state index in [1.807, 2.05) is 18.3 Å². The van der Waals surface area contributed by atoms with Crippen molar-refractivity contribution >= 4 is 0 Å². The van der Waals surface area contributed by atoms with Gasteiger partial charge in [-0.05, 0) is 43.5 Å². The highest BCUT2D eigenvalue weighted by atomic mass is 16.5. The third-order valence-corrected chi connectivity index (χ3v) is 5.22. The van der Waals surface area contributed by atoms with Crippen LogP contribution in [0.3, 0.4) is 0 Å². The lowest BCUT2D eigenvalue weighted by Gasteiger charge is -2.47. The molecule has 0 radical (unpaired) electrons. The summed E-state index contributed by atoms with van der Waals surface area (Å²) in [7, 11) is 1.69. The summed E-state index contributed by atoms with van der Waals surface area (Å²) in [6.07, 6.45) is 5.50. The van der Waals surface area contributed by atoms with Gasteiger partial charge in [0.25, 0.3) is 0 Å². The summed E-state index contributed by atoms with van der Waals surface area (Å²) in [5.74, 6) is 0.872. The number of hydrogen-bond donors (Lipinski definition) is 1. The van der Waals surface area contributed by atoms with Crippen LogP contribution in [0.2, 0.25) is 0 Å². The maximum atomic E-state index is 5.80. The van der Waals surface area contributed by atoms with E-state index in [1.165, 1.54) is 12.0 Å². The Balaban J connectivity index is 1.44. The van der Waals surface area contributed by atoms with Gasteiger partial charge in [-0.3, -0.25) is 10.00 Å². The van der Waals surface area contributed by atoms with Crippen LogP contribution in [0, 0.1) is 0 Å². The first-order valence-electron chi connectivity index (χ1n) is 8.31. The number of H-pyrrole nitrogens is 1. The summed E-state index contributed by atoms with van der Waals surface area (Å²) in [5.41, 5.74) is 3.72. The quantitative estimate of drug-likeness (QED) is 0.943. The fraction of sp³-hybridized carbons (Fsp3) is 0.500. The van der Waals surface area contributed by atoms with Gasteiger partial charge in [0.2, 0.25) is 0 Å². The Kier molecular flexibility index (Phi) is 3.83. The molecule has 1 aromatic carbocycles. The number of piperidine rings is 1. The number of ether oxygens (including phenoxy) is 2. The molecule has 5 heteroatoms. The number of aromatic amines is 1. The monoisotopic (exact) mass is 313 g/mol. The molecule has 23 heavy (non-hydrogen) atoms. The van der Waals surface area contributed by atoms with Gasteiger partial charge < -0.3 is 9.47 Å². The van der Waals surface area contributed by atoms with Crippen LogP contribution in [0.25, 0.3) is 11.3 Å². The van der Waals surface area contributed by atoms with Crippen molar-refractivity contribution in [2.24, 2.45) is 0 Å². The molecule has 1 spiro atoms. The molecule has 2 aliphatic heterocycles. The normalized spacial score (nSPS) is 20.4. The first-order chi connectivity index (χ1) is 11.3. The van der Waals surface area contributed by atoms with E-state index in [4.69, 9.17) is 9.47 Å². The van der Waals surface area contributed by atoms with Crippen LogP contribution >= 0.6 is 0 Å². The Morgan fingerprint density at radius 2 is 1.96 bits per heavy atom. The van der Waals surface area contributed by atoms with Gasteiger partial charge >= 0.3 is 0 Å². The fourth-order valence-electron chi connectivity index (χ4n) is 3.58. The molecule has 2 aromatic rings. The minimum atomic E-state index is 0.214. The van der Waals surface area contributed by atoms with Crippen LogP contribution in [-0.4, -0.2) is 47.5 Å². The maximum Gasteiger partial charge on any atom is 0.118 e. The van der Waals surface area contributed by atoms with E-state index in [0.29, 0.717) is 0 Å². The van der Waals surface area contributed by atoms with E-state index in [-0.39, 0.29) is 5.60 Å². The van der Waals surface area contributed by atoms with Crippen molar-refractivity contribution in [3.05, 3.63) is 36.0 Å². The van der Waals surface area contributed by atoms with Crippen molar-refractivity contribution in [2.75, 3.05) is 26.8 Å². The van der Waals surface area contributed by atoms with Crippen LogP contribution in [0.4, 0.5) is 0 Å². The third kappa shape index (κ3) is 2.86. The minimum absolute atomic E-state index is 0.214. The predicted molar refractivity (Wildman–Crippen MR) is 88.4 cm³/mol. The largest absolute Gasteiger partial charge is 0.497 e. The van der Waals surface area contributed by atoms with Crippen LogP contribution in [0.15, 0.2) is 30.5 Å². The molecule has 4 rings (SSSR count). The van der Waals surface area contributed by atoms with Gasteiger partial charge in [-0.1, -0.05) is 0 Å². The van der Waals surface area contributed by atoms with Crippen molar-refractivity contribution in [3.8, 4) is 17.0 Å². The minimum Gasteiger partial charge on any atom is -0.497 e. The lowest BCUT2D eigenvalue weighted by molar-refractivity contribution is -0.173. The lowest BCUT2D eigenvalue weighted by atomic mass is 9.84. The van der Waals surface area contributed by atoms with Crippen molar-refractivity contribution in [1.82, 2.24) is 15.1 Å². The zero-order chi connectivity index (χ0) is 15.7. The number of benzene rings is 1. The van der Waals surface area contributed by atoms with Gasteiger partial charge in [0.15, 0.2) is 0 Å². The molecule has 0 atom stereocenters. The van der Waals surface area contributed by atoms with E-state index in [2.05, 4.69) is 27.2 Å². The van der Waals surface area contributed by atoms with E-state index >= 15 is 0 Å². The Hall–Kier alpha value is -1.85. The second-order valence-electron chi connectivity index (χ2n) is 6.56. The Morgan fingerprint density at radius 3 is 2.57 bits per heavy atom. The molecule has 2 aliphatic rings. The molecular formula is C18H23N3O2. The zero-order valence-corrected chi connectivity index (χ0v) is 13.5. The average Bonchev–Trinajstić information content (AvgIpc) is 3.02. The zero-order valence-electron chi connectivity index (χ0n) is 13.5. The summed E-state index contributed by atoms with van der Waals surface area (Å²) in [6.45, 7) is 4.09. The summed E-state index contributed by atoms with van der Waals surface area (Å²) >= 11 is 0. The SMILES string of the molecule is COc1ccc(-c2[nH]ncc2CN2CCC3(CCO3)CC2)cc1. The van der Waals surface area contributed by atoms with Gasteiger partial charge in [0, 0.05) is 30.8 Å². The smallest absolute Gasteiger partial charge is 0.118 e. The van der Waals surface area contributed by atoms with Crippen molar-refractivity contribution in [1.29, 1.82) is 0 Å². The molecule has 0 bridgehead atoms. The van der Waals surface area contributed by atoms with Gasteiger partial charge in [0.05, 0.1) is 31.2 Å². The Labute approximate surface area is 136 Å². The lowest BCUT2D eigenvalue weighted by Crippen LogP contribution is -2.52. The molecule has 0 amide bonds. The molecule has 2 fully saturated rings. The summed E-state index contributed by atoms with van der Waals surface area (Å²) in [6, 6.07) is 8.11.